The van der Waals surface area contributed by atoms with Crippen LogP contribution in [0.15, 0.2) is 65.6 Å². The molecule has 1 atom stereocenters. The number of nitrogens with one attached hydrogen (secondary N) is 2. The molecule has 0 spiro atoms. The molecule has 0 aliphatic heterocycles. The molecule has 7 heteroatoms. The molecule has 5 nitrogen and oxygen atoms in total. The maximum absolute atomic E-state index is 13.0. The largest absolute Gasteiger partial charge is 0.346 e. The fourth-order valence-electron chi connectivity index (χ4n) is 3.32. The van der Waals surface area contributed by atoms with Crippen molar-refractivity contribution in [2.45, 2.75) is 45.1 Å². The lowest BCUT2D eigenvalue weighted by Gasteiger charge is -2.16. The number of hydrogen-bond acceptors (Lipinski definition) is 3. The van der Waals surface area contributed by atoms with Gasteiger partial charge in [0.15, 0.2) is 0 Å². The number of carbonyl (C=O) groups is 1. The van der Waals surface area contributed by atoms with Crippen LogP contribution >= 0.6 is 11.6 Å². The first-order valence-corrected chi connectivity index (χ1v) is 12.3. The summed E-state index contributed by atoms with van der Waals surface area (Å²) in [7, 11) is -3.99. The predicted molar refractivity (Wildman–Crippen MR) is 130 cm³/mol. The second-order valence-corrected chi connectivity index (χ2v) is 9.85. The van der Waals surface area contributed by atoms with Gasteiger partial charge in [-0.2, -0.15) is 0 Å². The van der Waals surface area contributed by atoms with Crippen molar-refractivity contribution in [3.05, 3.63) is 93.5 Å². The van der Waals surface area contributed by atoms with Crippen molar-refractivity contribution in [3.63, 3.8) is 0 Å². The summed E-state index contributed by atoms with van der Waals surface area (Å²) in [5, 5.41) is 2.96. The second kappa shape index (κ2) is 9.76. The molecule has 0 bridgehead atoms. The van der Waals surface area contributed by atoms with Crippen LogP contribution in [0.2, 0.25) is 5.02 Å². The Bertz CT molecular complexity index is 1240. The molecule has 3 rings (SSSR count). The third-order valence-corrected chi connectivity index (χ3v) is 7.41. The minimum Gasteiger partial charge on any atom is -0.346 e. The lowest BCUT2D eigenvalue weighted by molar-refractivity contribution is 0.0939. The SMILES string of the molecule is CCc1ccc([C@@H](C)NC(=O)c2ccc(Cl)c(S(=O)(=O)Nc3cccc(C)c3C)c2)cc1. The van der Waals surface area contributed by atoms with Crippen LogP contribution in [0.5, 0.6) is 0 Å². The molecule has 2 N–H and O–H groups in total. The number of aryl methyl sites for hydroxylation is 2. The van der Waals surface area contributed by atoms with Gasteiger partial charge in [-0.1, -0.05) is 54.9 Å². The van der Waals surface area contributed by atoms with Crippen molar-refractivity contribution < 1.29 is 13.2 Å². The number of carbonyl (C=O) groups excluding carboxylic acids is 1. The smallest absolute Gasteiger partial charge is 0.263 e. The first-order valence-electron chi connectivity index (χ1n) is 10.4. The van der Waals surface area contributed by atoms with Crippen LogP contribution in [0.3, 0.4) is 0 Å². The summed E-state index contributed by atoms with van der Waals surface area (Å²) in [6.07, 6.45) is 0.944. The zero-order valence-electron chi connectivity index (χ0n) is 18.6. The van der Waals surface area contributed by atoms with Gasteiger partial charge in [-0.05, 0) is 73.7 Å². The minimum absolute atomic E-state index is 0.0440. The third kappa shape index (κ3) is 5.31. The van der Waals surface area contributed by atoms with Crippen LogP contribution in [0.4, 0.5) is 5.69 Å². The van der Waals surface area contributed by atoms with E-state index in [1.807, 2.05) is 51.1 Å². The van der Waals surface area contributed by atoms with E-state index in [2.05, 4.69) is 17.0 Å². The number of sulfonamides is 1. The Hall–Kier alpha value is -2.83. The van der Waals surface area contributed by atoms with Crippen molar-refractivity contribution in [2.24, 2.45) is 0 Å². The lowest BCUT2D eigenvalue weighted by atomic mass is 10.0. The molecule has 0 unspecified atom stereocenters. The van der Waals surface area contributed by atoms with Gasteiger partial charge in [-0.25, -0.2) is 8.42 Å². The molecular formula is C25H27ClN2O3S. The highest BCUT2D eigenvalue weighted by Gasteiger charge is 2.22. The summed E-state index contributed by atoms with van der Waals surface area (Å²) in [5.74, 6) is -0.378. The van der Waals surface area contributed by atoms with Crippen LogP contribution in [0.25, 0.3) is 0 Å². The fourth-order valence-corrected chi connectivity index (χ4v) is 4.97. The van der Waals surface area contributed by atoms with Gasteiger partial charge < -0.3 is 5.32 Å². The topological polar surface area (TPSA) is 75.3 Å². The molecule has 168 valence electrons. The molecule has 0 saturated carbocycles. The number of anilines is 1. The maximum atomic E-state index is 13.0. The number of benzene rings is 3. The molecule has 0 saturated heterocycles. The van der Waals surface area contributed by atoms with Crippen LogP contribution in [0, 0.1) is 13.8 Å². The molecular weight excluding hydrogens is 444 g/mol. The number of hydrogen-bond donors (Lipinski definition) is 2. The van der Waals surface area contributed by atoms with E-state index in [1.165, 1.54) is 23.8 Å². The molecule has 3 aromatic rings. The molecule has 0 aromatic heterocycles. The number of rotatable bonds is 7. The summed E-state index contributed by atoms with van der Waals surface area (Å²) in [6.45, 7) is 7.71. The molecule has 0 aliphatic carbocycles. The van der Waals surface area contributed by atoms with E-state index in [0.717, 1.165) is 23.1 Å². The van der Waals surface area contributed by atoms with Gasteiger partial charge in [0.25, 0.3) is 15.9 Å². The van der Waals surface area contributed by atoms with E-state index >= 15 is 0 Å². The van der Waals surface area contributed by atoms with Gasteiger partial charge in [0.2, 0.25) is 0 Å². The summed E-state index contributed by atoms with van der Waals surface area (Å²) in [5.41, 5.74) is 4.66. The average Bonchev–Trinajstić information content (AvgIpc) is 2.77. The van der Waals surface area contributed by atoms with Crippen LogP contribution in [-0.4, -0.2) is 14.3 Å². The summed E-state index contributed by atoms with van der Waals surface area (Å²) >= 11 is 6.20. The Morgan fingerprint density at radius 3 is 2.38 bits per heavy atom. The van der Waals surface area contributed by atoms with Crippen LogP contribution in [0.1, 0.15) is 52.5 Å². The van der Waals surface area contributed by atoms with Gasteiger partial charge >= 0.3 is 0 Å². The molecule has 32 heavy (non-hydrogen) atoms. The lowest BCUT2D eigenvalue weighted by Crippen LogP contribution is -2.27. The predicted octanol–water partition coefficient (Wildman–Crippen LogP) is 5.81. The fraction of sp³-hybridized carbons (Fsp3) is 0.240. The van der Waals surface area contributed by atoms with Crippen molar-refractivity contribution in [1.82, 2.24) is 5.32 Å². The Labute approximate surface area is 194 Å². The summed E-state index contributed by atoms with van der Waals surface area (Å²) in [4.78, 5) is 12.7. The monoisotopic (exact) mass is 470 g/mol. The maximum Gasteiger partial charge on any atom is 0.263 e. The van der Waals surface area contributed by atoms with Gasteiger partial charge in [0.05, 0.1) is 16.8 Å². The summed E-state index contributed by atoms with van der Waals surface area (Å²) < 4.78 is 28.7. The Kier molecular flexibility index (Phi) is 7.26. The van der Waals surface area contributed by atoms with Crippen LogP contribution in [-0.2, 0) is 16.4 Å². The van der Waals surface area contributed by atoms with E-state index < -0.39 is 10.0 Å². The standard InChI is InChI=1S/C25H27ClN2O3S/c1-5-19-9-11-20(12-10-19)18(4)27-25(29)21-13-14-22(26)24(15-21)32(30,31)28-23-8-6-7-16(2)17(23)3/h6-15,18,28H,5H2,1-4H3,(H,27,29)/t18-/m1/s1. The molecule has 0 aliphatic rings. The van der Waals surface area contributed by atoms with E-state index in [4.69, 9.17) is 11.6 Å². The van der Waals surface area contributed by atoms with Crippen LogP contribution < -0.4 is 10.0 Å². The van der Waals surface area contributed by atoms with E-state index in [0.29, 0.717) is 5.69 Å². The quantitative estimate of drug-likeness (QED) is 0.457. The molecule has 1 amide bonds. The first kappa shape index (κ1) is 23.8. The first-order chi connectivity index (χ1) is 15.1. The van der Waals surface area contributed by atoms with Gasteiger partial charge in [-0.15, -0.1) is 0 Å². The molecule has 3 aromatic carbocycles. The second-order valence-electron chi connectivity index (χ2n) is 7.79. The van der Waals surface area contributed by atoms with E-state index in [9.17, 15) is 13.2 Å². The van der Waals surface area contributed by atoms with Crippen molar-refractivity contribution in [2.75, 3.05) is 4.72 Å². The van der Waals surface area contributed by atoms with Crippen molar-refractivity contribution >= 4 is 33.2 Å². The normalized spacial score (nSPS) is 12.3. The third-order valence-electron chi connectivity index (χ3n) is 5.57. The van der Waals surface area contributed by atoms with Crippen molar-refractivity contribution in [3.8, 4) is 0 Å². The Morgan fingerprint density at radius 1 is 1.03 bits per heavy atom. The van der Waals surface area contributed by atoms with Gasteiger partial charge in [-0.3, -0.25) is 9.52 Å². The molecule has 0 fully saturated rings. The van der Waals surface area contributed by atoms with E-state index in [1.54, 1.807) is 12.1 Å². The number of amides is 1. The Morgan fingerprint density at radius 2 is 1.72 bits per heavy atom. The summed E-state index contributed by atoms with van der Waals surface area (Å²) in [6, 6.07) is 17.4. The highest BCUT2D eigenvalue weighted by molar-refractivity contribution is 7.92. The van der Waals surface area contributed by atoms with Crippen molar-refractivity contribution in [1.29, 1.82) is 0 Å². The van der Waals surface area contributed by atoms with Gasteiger partial charge in [0, 0.05) is 5.56 Å². The highest BCUT2D eigenvalue weighted by Crippen LogP contribution is 2.27. The van der Waals surface area contributed by atoms with Gasteiger partial charge in [0.1, 0.15) is 4.90 Å². The molecule has 0 radical (unpaired) electrons. The minimum atomic E-state index is -3.99. The zero-order chi connectivity index (χ0) is 23.5. The zero-order valence-corrected chi connectivity index (χ0v) is 20.1. The number of halogens is 1. The Balaban J connectivity index is 1.83. The highest BCUT2D eigenvalue weighted by atomic mass is 35.5. The molecule has 0 heterocycles. The van der Waals surface area contributed by atoms with E-state index in [-0.39, 0.29) is 27.4 Å². The average molecular weight is 471 g/mol.